The van der Waals surface area contributed by atoms with E-state index in [0.29, 0.717) is 36.8 Å². The largest absolute Gasteiger partial charge is 0.378 e. The lowest BCUT2D eigenvalue weighted by atomic mass is 10.1. The Bertz CT molecular complexity index is 871. The first kappa shape index (κ1) is 16.9. The van der Waals surface area contributed by atoms with Gasteiger partial charge in [-0.15, -0.1) is 0 Å². The fraction of sp³-hybridized carbons (Fsp3) is 0.200. The number of hydrogen-bond donors (Lipinski definition) is 1. The molecule has 0 aromatic heterocycles. The summed E-state index contributed by atoms with van der Waals surface area (Å²) in [5.74, 6) is -0.0895. The van der Waals surface area contributed by atoms with Crippen LogP contribution in [0.25, 0.3) is 6.08 Å². The minimum atomic E-state index is -0.109. The number of morpholine rings is 1. The number of anilines is 1. The van der Waals surface area contributed by atoms with Gasteiger partial charge in [0, 0.05) is 23.5 Å². The maximum atomic E-state index is 12.5. The molecular weight excluding hydrogens is 348 g/mol. The Morgan fingerprint density at radius 3 is 2.58 bits per heavy atom. The number of carbonyl (C=O) groups excluding carboxylic acids is 2. The number of nitrogens with one attached hydrogen (secondary N) is 1. The van der Waals surface area contributed by atoms with E-state index >= 15 is 0 Å². The van der Waals surface area contributed by atoms with Gasteiger partial charge in [-0.05, 0) is 35.9 Å². The van der Waals surface area contributed by atoms with Crippen LogP contribution in [0, 0.1) is 0 Å². The zero-order valence-corrected chi connectivity index (χ0v) is 14.9. The van der Waals surface area contributed by atoms with Gasteiger partial charge in [0.25, 0.3) is 11.8 Å². The highest BCUT2D eigenvalue weighted by Crippen LogP contribution is 2.38. The molecule has 0 spiro atoms. The second kappa shape index (κ2) is 7.35. The first-order chi connectivity index (χ1) is 12.7. The first-order valence-electron chi connectivity index (χ1n) is 8.48. The average molecular weight is 366 g/mol. The molecule has 5 nitrogen and oxygen atoms in total. The second-order valence-corrected chi connectivity index (χ2v) is 7.17. The summed E-state index contributed by atoms with van der Waals surface area (Å²) in [5, 5.41) is 2.90. The summed E-state index contributed by atoms with van der Waals surface area (Å²) in [7, 11) is 0. The summed E-state index contributed by atoms with van der Waals surface area (Å²) in [6.45, 7) is 2.43. The number of para-hydroxylation sites is 1. The van der Waals surface area contributed by atoms with Gasteiger partial charge in [-0.1, -0.05) is 36.0 Å². The van der Waals surface area contributed by atoms with Crippen molar-refractivity contribution in [3.8, 4) is 0 Å². The summed E-state index contributed by atoms with van der Waals surface area (Å²) in [6, 6.07) is 15.1. The van der Waals surface area contributed by atoms with Crippen LogP contribution in [0.15, 0.2) is 58.3 Å². The number of hydrogen-bond acceptors (Lipinski definition) is 4. The van der Waals surface area contributed by atoms with E-state index in [9.17, 15) is 9.59 Å². The predicted octanol–water partition coefficient (Wildman–Crippen LogP) is 3.24. The van der Waals surface area contributed by atoms with Crippen molar-refractivity contribution < 1.29 is 14.3 Å². The van der Waals surface area contributed by atoms with Gasteiger partial charge in [0.2, 0.25) is 0 Å². The standard InChI is InChI=1S/C20H18N2O3S/c23-19-18(26-17-4-2-1-3-16(17)21-19)13-14-5-7-15(8-6-14)20(24)22-9-11-25-12-10-22/h1-8,13H,9-12H2,(H,21,23). The van der Waals surface area contributed by atoms with E-state index < -0.39 is 0 Å². The molecule has 0 saturated carbocycles. The second-order valence-electron chi connectivity index (χ2n) is 6.09. The van der Waals surface area contributed by atoms with Crippen LogP contribution in [0.1, 0.15) is 15.9 Å². The molecule has 2 aliphatic heterocycles. The molecule has 2 heterocycles. The van der Waals surface area contributed by atoms with Crippen LogP contribution < -0.4 is 5.32 Å². The van der Waals surface area contributed by atoms with Crippen LogP contribution in [0.2, 0.25) is 0 Å². The molecule has 4 rings (SSSR count). The summed E-state index contributed by atoms with van der Waals surface area (Å²) < 4.78 is 5.28. The molecule has 2 aromatic rings. The van der Waals surface area contributed by atoms with Crippen molar-refractivity contribution in [1.29, 1.82) is 0 Å². The van der Waals surface area contributed by atoms with E-state index in [0.717, 1.165) is 16.1 Å². The number of amides is 2. The molecule has 1 saturated heterocycles. The van der Waals surface area contributed by atoms with Gasteiger partial charge in [-0.25, -0.2) is 0 Å². The van der Waals surface area contributed by atoms with Crippen LogP contribution in [0.4, 0.5) is 5.69 Å². The molecule has 26 heavy (non-hydrogen) atoms. The van der Waals surface area contributed by atoms with Crippen molar-refractivity contribution in [2.75, 3.05) is 31.6 Å². The Hall–Kier alpha value is -2.57. The molecule has 0 unspecified atom stereocenters. The molecule has 1 fully saturated rings. The quantitative estimate of drug-likeness (QED) is 0.829. The van der Waals surface area contributed by atoms with Crippen LogP contribution in [0.3, 0.4) is 0 Å². The summed E-state index contributed by atoms with van der Waals surface area (Å²) in [5.41, 5.74) is 2.38. The minimum absolute atomic E-state index is 0.0196. The minimum Gasteiger partial charge on any atom is -0.378 e. The van der Waals surface area contributed by atoms with Gasteiger partial charge in [-0.3, -0.25) is 9.59 Å². The smallest absolute Gasteiger partial charge is 0.262 e. The van der Waals surface area contributed by atoms with Crippen LogP contribution >= 0.6 is 11.8 Å². The Balaban J connectivity index is 1.51. The molecule has 0 atom stereocenters. The highest BCUT2D eigenvalue weighted by molar-refractivity contribution is 8.04. The van der Waals surface area contributed by atoms with E-state index in [2.05, 4.69) is 5.32 Å². The SMILES string of the molecule is O=C1Nc2ccccc2SC1=Cc1ccc(C(=O)N2CCOCC2)cc1. The number of benzene rings is 2. The van der Waals surface area contributed by atoms with Crippen molar-refractivity contribution >= 4 is 35.3 Å². The van der Waals surface area contributed by atoms with E-state index in [1.54, 1.807) is 4.90 Å². The molecular formula is C20H18N2O3S. The Morgan fingerprint density at radius 2 is 1.81 bits per heavy atom. The highest BCUT2D eigenvalue weighted by Gasteiger charge is 2.21. The third-order valence-corrected chi connectivity index (χ3v) is 5.43. The van der Waals surface area contributed by atoms with Gasteiger partial charge < -0.3 is 15.0 Å². The van der Waals surface area contributed by atoms with E-state index in [1.807, 2.05) is 54.6 Å². The molecule has 132 valence electrons. The van der Waals surface area contributed by atoms with Crippen molar-refractivity contribution in [3.05, 3.63) is 64.6 Å². The Morgan fingerprint density at radius 1 is 1.08 bits per heavy atom. The number of rotatable bonds is 2. The molecule has 1 N–H and O–H groups in total. The number of carbonyl (C=O) groups is 2. The van der Waals surface area contributed by atoms with Gasteiger partial charge in [0.1, 0.15) is 0 Å². The third-order valence-electron chi connectivity index (χ3n) is 4.33. The van der Waals surface area contributed by atoms with E-state index in [1.165, 1.54) is 11.8 Å². The average Bonchev–Trinajstić information content (AvgIpc) is 2.69. The van der Waals surface area contributed by atoms with E-state index in [-0.39, 0.29) is 11.8 Å². The molecule has 0 bridgehead atoms. The lowest BCUT2D eigenvalue weighted by molar-refractivity contribution is -0.112. The monoisotopic (exact) mass is 366 g/mol. The fourth-order valence-electron chi connectivity index (χ4n) is 2.92. The maximum Gasteiger partial charge on any atom is 0.262 e. The summed E-state index contributed by atoms with van der Waals surface area (Å²) in [6.07, 6.45) is 1.85. The lowest BCUT2D eigenvalue weighted by Crippen LogP contribution is -2.40. The zero-order valence-electron chi connectivity index (χ0n) is 14.1. The van der Waals surface area contributed by atoms with Crippen molar-refractivity contribution in [2.24, 2.45) is 0 Å². The number of thioether (sulfide) groups is 1. The van der Waals surface area contributed by atoms with Crippen molar-refractivity contribution in [2.45, 2.75) is 4.90 Å². The molecule has 6 heteroatoms. The topological polar surface area (TPSA) is 58.6 Å². The third kappa shape index (κ3) is 3.52. The molecule has 0 aliphatic carbocycles. The van der Waals surface area contributed by atoms with Crippen LogP contribution in [-0.4, -0.2) is 43.0 Å². The molecule has 2 aromatic carbocycles. The van der Waals surface area contributed by atoms with Gasteiger partial charge in [-0.2, -0.15) is 0 Å². The van der Waals surface area contributed by atoms with Crippen molar-refractivity contribution in [1.82, 2.24) is 4.90 Å². The maximum absolute atomic E-state index is 12.5. The first-order valence-corrected chi connectivity index (χ1v) is 9.29. The number of ether oxygens (including phenoxy) is 1. The van der Waals surface area contributed by atoms with Gasteiger partial charge in [0.15, 0.2) is 0 Å². The van der Waals surface area contributed by atoms with Crippen molar-refractivity contribution in [3.63, 3.8) is 0 Å². The molecule has 0 radical (unpaired) electrons. The van der Waals surface area contributed by atoms with Crippen LogP contribution in [0.5, 0.6) is 0 Å². The molecule has 2 aliphatic rings. The fourth-order valence-corrected chi connectivity index (χ4v) is 3.88. The number of fused-ring (bicyclic) bond motifs is 1. The normalized spacial score (nSPS) is 18.4. The number of nitrogens with zero attached hydrogens (tertiary/aromatic N) is 1. The molecule has 2 amide bonds. The zero-order chi connectivity index (χ0) is 17.9. The summed E-state index contributed by atoms with van der Waals surface area (Å²) >= 11 is 1.45. The predicted molar refractivity (Wildman–Crippen MR) is 102 cm³/mol. The van der Waals surface area contributed by atoms with E-state index in [4.69, 9.17) is 4.74 Å². The van der Waals surface area contributed by atoms with Crippen LogP contribution in [-0.2, 0) is 9.53 Å². The summed E-state index contributed by atoms with van der Waals surface area (Å²) in [4.78, 5) is 28.2. The van der Waals surface area contributed by atoms with Gasteiger partial charge in [0.05, 0.1) is 23.8 Å². The Kier molecular flexibility index (Phi) is 4.77. The lowest BCUT2D eigenvalue weighted by Gasteiger charge is -2.26. The highest BCUT2D eigenvalue weighted by atomic mass is 32.2. The van der Waals surface area contributed by atoms with Gasteiger partial charge >= 0.3 is 0 Å². The Labute approximate surface area is 156 Å².